The van der Waals surface area contributed by atoms with Gasteiger partial charge in [-0.2, -0.15) is 0 Å². The molecule has 1 rings (SSSR count). The van der Waals surface area contributed by atoms with Crippen molar-refractivity contribution in [2.75, 3.05) is 18.4 Å². The molecule has 3 N–H and O–H groups in total. The Morgan fingerprint density at radius 1 is 1.10 bits per heavy atom. The Labute approximate surface area is 123 Å². The molecule has 4 nitrogen and oxygen atoms in total. The number of para-hydroxylation sites is 1. The second-order valence-electron chi connectivity index (χ2n) is 5.53. The van der Waals surface area contributed by atoms with E-state index < -0.39 is 0 Å². The van der Waals surface area contributed by atoms with Gasteiger partial charge in [-0.15, -0.1) is 0 Å². The number of hydrogen-bond acceptors (Lipinski definition) is 2. The molecular weight excluding hydrogens is 250 g/mol. The van der Waals surface area contributed by atoms with E-state index in [1.54, 1.807) is 0 Å². The van der Waals surface area contributed by atoms with Gasteiger partial charge in [0.15, 0.2) is 0 Å². The van der Waals surface area contributed by atoms with Crippen LogP contribution in [0.15, 0.2) is 30.3 Å². The third kappa shape index (κ3) is 11.5. The highest BCUT2D eigenvalue weighted by Crippen LogP contribution is 2.03. The molecule has 0 aliphatic rings. The van der Waals surface area contributed by atoms with Gasteiger partial charge in [0.2, 0.25) is 0 Å². The summed E-state index contributed by atoms with van der Waals surface area (Å²) in [6, 6.07) is 9.18. The number of nitrogens with one attached hydrogen (secondary N) is 3. The number of rotatable bonds is 4. The normalized spacial score (nSPS) is 10.2. The molecule has 4 heteroatoms. The van der Waals surface area contributed by atoms with E-state index in [4.69, 9.17) is 0 Å². The number of amides is 2. The van der Waals surface area contributed by atoms with Crippen molar-refractivity contribution >= 4 is 11.7 Å². The molecule has 1 aromatic carbocycles. The molecule has 0 aromatic heterocycles. The lowest BCUT2D eigenvalue weighted by Crippen LogP contribution is -2.36. The van der Waals surface area contributed by atoms with Crippen LogP contribution >= 0.6 is 0 Å². The highest BCUT2D eigenvalue weighted by Gasteiger charge is 2.05. The fourth-order valence-corrected chi connectivity index (χ4v) is 1.36. The molecular formula is C16H29N3O. The zero-order valence-corrected chi connectivity index (χ0v) is 13.4. The average Bonchev–Trinajstić information content (AvgIpc) is 2.38. The first kappa shape index (κ1) is 18.4. The molecule has 0 aliphatic heterocycles. The molecule has 0 unspecified atom stereocenters. The number of urea groups is 1. The molecule has 0 spiro atoms. The van der Waals surface area contributed by atoms with Gasteiger partial charge >= 0.3 is 6.03 Å². The molecule has 0 aliphatic carbocycles. The van der Waals surface area contributed by atoms with Gasteiger partial charge in [0.1, 0.15) is 0 Å². The summed E-state index contributed by atoms with van der Waals surface area (Å²) >= 11 is 0. The van der Waals surface area contributed by atoms with Crippen LogP contribution < -0.4 is 16.0 Å². The summed E-state index contributed by atoms with van der Waals surface area (Å²) < 4.78 is 0. The van der Waals surface area contributed by atoms with E-state index in [1.807, 2.05) is 37.3 Å². The van der Waals surface area contributed by atoms with Gasteiger partial charge in [-0.1, -0.05) is 25.1 Å². The minimum Gasteiger partial charge on any atom is -0.338 e. The number of carbonyl (C=O) groups is 1. The van der Waals surface area contributed by atoms with Gasteiger partial charge < -0.3 is 16.0 Å². The standard InChI is InChI=1S/C9H12N2O.C7H17N/c1-2-10-9(12)11-8-6-4-3-5-7-8;1-5-6-8-7(2,3)4/h3-7H,2H2,1H3,(H2,10,11,12);8H,5-6H2,1-4H3. The Kier molecular flexibility index (Phi) is 9.47. The molecule has 0 radical (unpaired) electrons. The monoisotopic (exact) mass is 279 g/mol. The summed E-state index contributed by atoms with van der Waals surface area (Å²) in [5, 5.41) is 8.71. The van der Waals surface area contributed by atoms with Crippen LogP contribution in [0.4, 0.5) is 10.5 Å². The van der Waals surface area contributed by atoms with Crippen molar-refractivity contribution in [3.8, 4) is 0 Å². The van der Waals surface area contributed by atoms with E-state index in [2.05, 4.69) is 43.6 Å². The Balaban J connectivity index is 0.000000396. The lowest BCUT2D eigenvalue weighted by Gasteiger charge is -2.19. The highest BCUT2D eigenvalue weighted by molar-refractivity contribution is 5.89. The summed E-state index contributed by atoms with van der Waals surface area (Å²) in [5.41, 5.74) is 1.11. The smallest absolute Gasteiger partial charge is 0.319 e. The van der Waals surface area contributed by atoms with Crippen molar-refractivity contribution in [3.05, 3.63) is 30.3 Å². The van der Waals surface area contributed by atoms with Crippen molar-refractivity contribution < 1.29 is 4.79 Å². The quantitative estimate of drug-likeness (QED) is 0.788. The third-order valence-electron chi connectivity index (χ3n) is 2.27. The van der Waals surface area contributed by atoms with Crippen LogP contribution in [0, 0.1) is 0 Å². The van der Waals surface area contributed by atoms with E-state index >= 15 is 0 Å². The molecule has 0 bridgehead atoms. The van der Waals surface area contributed by atoms with E-state index in [-0.39, 0.29) is 6.03 Å². The van der Waals surface area contributed by atoms with Gasteiger partial charge in [0, 0.05) is 17.8 Å². The molecule has 2 amide bonds. The van der Waals surface area contributed by atoms with Crippen LogP contribution in [0.25, 0.3) is 0 Å². The van der Waals surface area contributed by atoms with Crippen LogP contribution in [0.2, 0.25) is 0 Å². The van der Waals surface area contributed by atoms with Crippen molar-refractivity contribution in [2.45, 2.75) is 46.6 Å². The van der Waals surface area contributed by atoms with Crippen LogP contribution in [-0.2, 0) is 0 Å². The van der Waals surface area contributed by atoms with E-state index in [1.165, 1.54) is 6.42 Å². The Morgan fingerprint density at radius 3 is 2.10 bits per heavy atom. The van der Waals surface area contributed by atoms with E-state index in [9.17, 15) is 4.79 Å². The number of benzene rings is 1. The van der Waals surface area contributed by atoms with Crippen LogP contribution in [-0.4, -0.2) is 24.7 Å². The number of hydrogen-bond donors (Lipinski definition) is 3. The second-order valence-corrected chi connectivity index (χ2v) is 5.53. The second kappa shape index (κ2) is 10.3. The number of carbonyl (C=O) groups excluding carboxylic acids is 1. The summed E-state index contributed by atoms with van der Waals surface area (Å²) in [6.07, 6.45) is 1.22. The lowest BCUT2D eigenvalue weighted by molar-refractivity contribution is 0.252. The first-order valence-electron chi connectivity index (χ1n) is 7.24. The minimum absolute atomic E-state index is 0.163. The maximum absolute atomic E-state index is 11.0. The Bertz CT molecular complexity index is 358. The lowest BCUT2D eigenvalue weighted by atomic mass is 10.1. The molecule has 0 atom stereocenters. The van der Waals surface area contributed by atoms with E-state index in [0.29, 0.717) is 12.1 Å². The largest absolute Gasteiger partial charge is 0.338 e. The Hall–Kier alpha value is -1.55. The highest BCUT2D eigenvalue weighted by atomic mass is 16.2. The first-order valence-corrected chi connectivity index (χ1v) is 7.24. The average molecular weight is 279 g/mol. The van der Waals surface area contributed by atoms with Crippen LogP contribution in [0.1, 0.15) is 41.0 Å². The van der Waals surface area contributed by atoms with Gasteiger partial charge in [-0.05, 0) is 52.8 Å². The van der Waals surface area contributed by atoms with Crippen molar-refractivity contribution in [1.29, 1.82) is 0 Å². The van der Waals surface area contributed by atoms with Crippen molar-refractivity contribution in [2.24, 2.45) is 0 Å². The fraction of sp³-hybridized carbons (Fsp3) is 0.562. The summed E-state index contributed by atoms with van der Waals surface area (Å²) in [4.78, 5) is 11.0. The maximum Gasteiger partial charge on any atom is 0.319 e. The zero-order valence-electron chi connectivity index (χ0n) is 13.4. The zero-order chi connectivity index (χ0) is 15.4. The molecule has 0 saturated heterocycles. The van der Waals surface area contributed by atoms with E-state index in [0.717, 1.165) is 12.2 Å². The molecule has 1 aromatic rings. The van der Waals surface area contributed by atoms with Crippen LogP contribution in [0.3, 0.4) is 0 Å². The molecule has 114 valence electrons. The first-order chi connectivity index (χ1) is 9.39. The van der Waals surface area contributed by atoms with Gasteiger partial charge in [0.25, 0.3) is 0 Å². The molecule has 0 saturated carbocycles. The summed E-state index contributed by atoms with van der Waals surface area (Å²) in [5.74, 6) is 0. The predicted molar refractivity (Wildman–Crippen MR) is 87.2 cm³/mol. The fourth-order valence-electron chi connectivity index (χ4n) is 1.36. The summed E-state index contributed by atoms with van der Waals surface area (Å²) in [6.45, 7) is 12.4. The van der Waals surface area contributed by atoms with Gasteiger partial charge in [-0.3, -0.25) is 0 Å². The van der Waals surface area contributed by atoms with Gasteiger partial charge in [0.05, 0.1) is 0 Å². The predicted octanol–water partition coefficient (Wildman–Crippen LogP) is 3.61. The molecule has 0 heterocycles. The molecule has 0 fully saturated rings. The number of anilines is 1. The third-order valence-corrected chi connectivity index (χ3v) is 2.27. The Morgan fingerprint density at radius 2 is 1.70 bits per heavy atom. The maximum atomic E-state index is 11.0. The van der Waals surface area contributed by atoms with Crippen molar-refractivity contribution in [3.63, 3.8) is 0 Å². The summed E-state index contributed by atoms with van der Waals surface area (Å²) in [7, 11) is 0. The van der Waals surface area contributed by atoms with Crippen molar-refractivity contribution in [1.82, 2.24) is 10.6 Å². The minimum atomic E-state index is -0.163. The molecule has 20 heavy (non-hydrogen) atoms. The van der Waals surface area contributed by atoms with Gasteiger partial charge in [-0.25, -0.2) is 4.79 Å². The SMILES string of the molecule is CCCNC(C)(C)C.CCNC(=O)Nc1ccccc1. The van der Waals surface area contributed by atoms with Crippen LogP contribution in [0.5, 0.6) is 0 Å². The topological polar surface area (TPSA) is 53.2 Å².